The van der Waals surface area contributed by atoms with Crippen LogP contribution < -0.4 is 10.0 Å². The van der Waals surface area contributed by atoms with Crippen LogP contribution >= 0.6 is 0 Å². The third-order valence-corrected chi connectivity index (χ3v) is 6.21. The zero-order valence-corrected chi connectivity index (χ0v) is 16.5. The molecule has 0 unspecified atom stereocenters. The number of fused-ring (bicyclic) bond motifs is 1. The average Bonchev–Trinajstić information content (AvgIpc) is 2.98. The summed E-state index contributed by atoms with van der Waals surface area (Å²) in [5.41, 5.74) is 4.84. The molecule has 2 aromatic carbocycles. The first-order valence-electron chi connectivity index (χ1n) is 8.52. The summed E-state index contributed by atoms with van der Waals surface area (Å²) in [6.07, 6.45) is 1.73. The summed E-state index contributed by atoms with van der Waals surface area (Å²) in [7, 11) is -2.24. The molecule has 0 spiro atoms. The van der Waals surface area contributed by atoms with Gasteiger partial charge < -0.3 is 9.73 Å². The Labute approximate surface area is 158 Å². The predicted molar refractivity (Wildman–Crippen MR) is 105 cm³/mol. The smallest absolute Gasteiger partial charge is 0.240 e. The van der Waals surface area contributed by atoms with Gasteiger partial charge in [0.2, 0.25) is 15.9 Å². The monoisotopic (exact) mass is 386 g/mol. The number of carbonyl (C=O) groups excluding carboxylic acids is 1. The number of sulfonamides is 1. The highest BCUT2D eigenvalue weighted by Crippen LogP contribution is 2.26. The quantitative estimate of drug-likeness (QED) is 0.703. The number of furan rings is 1. The summed E-state index contributed by atoms with van der Waals surface area (Å²) >= 11 is 0. The van der Waals surface area contributed by atoms with Crippen LogP contribution in [0.5, 0.6) is 0 Å². The number of hydrogen-bond donors (Lipinski definition) is 2. The third kappa shape index (κ3) is 3.89. The Bertz CT molecular complexity index is 1130. The van der Waals surface area contributed by atoms with Crippen molar-refractivity contribution in [2.75, 3.05) is 12.4 Å². The van der Waals surface area contributed by atoms with Crippen molar-refractivity contribution in [3.05, 3.63) is 58.8 Å². The van der Waals surface area contributed by atoms with Crippen molar-refractivity contribution >= 4 is 32.6 Å². The molecule has 3 rings (SSSR count). The van der Waals surface area contributed by atoms with Crippen LogP contribution in [0.4, 0.5) is 5.69 Å². The molecule has 7 heteroatoms. The molecule has 6 nitrogen and oxygen atoms in total. The van der Waals surface area contributed by atoms with Crippen LogP contribution in [0.2, 0.25) is 0 Å². The topological polar surface area (TPSA) is 88.4 Å². The lowest BCUT2D eigenvalue weighted by Crippen LogP contribution is -2.20. The van der Waals surface area contributed by atoms with Crippen LogP contribution in [0.25, 0.3) is 11.0 Å². The van der Waals surface area contributed by atoms with E-state index in [-0.39, 0.29) is 17.2 Å². The van der Waals surface area contributed by atoms with E-state index >= 15 is 0 Å². The molecule has 3 aromatic rings. The zero-order chi connectivity index (χ0) is 19.8. The first-order chi connectivity index (χ1) is 12.7. The normalized spacial score (nSPS) is 11.7. The van der Waals surface area contributed by atoms with Crippen molar-refractivity contribution in [3.8, 4) is 0 Å². The van der Waals surface area contributed by atoms with Crippen LogP contribution in [0, 0.1) is 20.8 Å². The Morgan fingerprint density at radius 1 is 1.04 bits per heavy atom. The summed E-state index contributed by atoms with van der Waals surface area (Å²) in [6.45, 7) is 5.73. The molecule has 1 aromatic heterocycles. The highest BCUT2D eigenvalue weighted by Gasteiger charge is 2.17. The van der Waals surface area contributed by atoms with Gasteiger partial charge in [-0.3, -0.25) is 4.79 Å². The van der Waals surface area contributed by atoms with E-state index in [0.717, 1.165) is 27.7 Å². The summed E-state index contributed by atoms with van der Waals surface area (Å²) in [5, 5.41) is 3.67. The Morgan fingerprint density at radius 3 is 2.44 bits per heavy atom. The summed E-state index contributed by atoms with van der Waals surface area (Å²) in [4.78, 5) is 12.6. The van der Waals surface area contributed by atoms with Crippen molar-refractivity contribution in [2.24, 2.45) is 0 Å². The lowest BCUT2D eigenvalue weighted by molar-refractivity contribution is -0.115. The fraction of sp³-hybridized carbons (Fsp3) is 0.250. The number of rotatable bonds is 5. The number of nitrogens with one attached hydrogen (secondary N) is 2. The minimum absolute atomic E-state index is 0.136. The van der Waals surface area contributed by atoms with Crippen LogP contribution in [0.1, 0.15) is 22.3 Å². The van der Waals surface area contributed by atoms with Gasteiger partial charge in [0.05, 0.1) is 17.6 Å². The first kappa shape index (κ1) is 19.1. The predicted octanol–water partition coefficient (Wildman–Crippen LogP) is 3.45. The van der Waals surface area contributed by atoms with Crippen LogP contribution in [-0.2, 0) is 21.2 Å². The molecular formula is C20H22N2O4S. The number of aryl methyl sites for hydroxylation is 3. The second-order valence-corrected chi connectivity index (χ2v) is 8.46. The van der Waals surface area contributed by atoms with Crippen molar-refractivity contribution in [1.29, 1.82) is 0 Å². The second kappa shape index (κ2) is 7.17. The van der Waals surface area contributed by atoms with Gasteiger partial charge in [-0.2, -0.15) is 0 Å². The largest absolute Gasteiger partial charge is 0.464 e. The SMILES string of the molecule is CNS(=O)(=O)c1cc(NC(=O)Cc2coc3cc(C)c(C)cc23)ccc1C. The Hall–Kier alpha value is -2.64. The highest BCUT2D eigenvalue weighted by molar-refractivity contribution is 7.89. The number of hydrogen-bond acceptors (Lipinski definition) is 4. The number of carbonyl (C=O) groups is 1. The molecule has 142 valence electrons. The van der Waals surface area contributed by atoms with Crippen LogP contribution in [-0.4, -0.2) is 21.4 Å². The van der Waals surface area contributed by atoms with Gasteiger partial charge in [0.25, 0.3) is 0 Å². The maximum Gasteiger partial charge on any atom is 0.240 e. The van der Waals surface area contributed by atoms with Crippen molar-refractivity contribution in [3.63, 3.8) is 0 Å². The molecule has 0 fully saturated rings. The van der Waals surface area contributed by atoms with E-state index in [0.29, 0.717) is 11.3 Å². The number of anilines is 1. The molecule has 0 atom stereocenters. The maximum atomic E-state index is 12.5. The van der Waals surface area contributed by atoms with Crippen molar-refractivity contribution < 1.29 is 17.6 Å². The first-order valence-corrected chi connectivity index (χ1v) is 10.0. The van der Waals surface area contributed by atoms with Crippen LogP contribution in [0.3, 0.4) is 0 Å². The van der Waals surface area contributed by atoms with Gasteiger partial charge in [-0.15, -0.1) is 0 Å². The summed E-state index contributed by atoms with van der Waals surface area (Å²) in [6, 6.07) is 8.78. The van der Waals surface area contributed by atoms with Crippen molar-refractivity contribution in [2.45, 2.75) is 32.1 Å². The van der Waals surface area contributed by atoms with E-state index in [1.807, 2.05) is 26.0 Å². The molecule has 0 saturated heterocycles. The van der Waals surface area contributed by atoms with E-state index < -0.39 is 10.0 Å². The maximum absolute atomic E-state index is 12.5. The van der Waals surface area contributed by atoms with Gasteiger partial charge in [0.1, 0.15) is 5.58 Å². The molecule has 0 saturated carbocycles. The molecule has 1 heterocycles. The standard InChI is InChI=1S/C20H22N2O4S/c1-12-5-6-16(10-19(12)27(24,25)21-4)22-20(23)9-15-11-26-18-8-14(3)13(2)7-17(15)18/h5-8,10-11,21H,9H2,1-4H3,(H,22,23). The second-order valence-electron chi connectivity index (χ2n) is 6.61. The van der Waals surface area contributed by atoms with Gasteiger partial charge in [0.15, 0.2) is 0 Å². The molecule has 0 aliphatic carbocycles. The van der Waals surface area contributed by atoms with E-state index in [4.69, 9.17) is 4.42 Å². The average molecular weight is 386 g/mol. The Balaban J connectivity index is 1.83. The molecule has 2 N–H and O–H groups in total. The molecule has 0 radical (unpaired) electrons. The third-order valence-electron chi connectivity index (χ3n) is 4.65. The van der Waals surface area contributed by atoms with Gasteiger partial charge >= 0.3 is 0 Å². The molecule has 0 bridgehead atoms. The minimum atomic E-state index is -3.59. The highest BCUT2D eigenvalue weighted by atomic mass is 32.2. The van der Waals surface area contributed by atoms with Gasteiger partial charge in [-0.25, -0.2) is 13.1 Å². The molecule has 27 heavy (non-hydrogen) atoms. The van der Waals surface area contributed by atoms with Crippen LogP contribution in [0.15, 0.2) is 45.9 Å². The Kier molecular flexibility index (Phi) is 5.08. The Morgan fingerprint density at radius 2 is 1.74 bits per heavy atom. The fourth-order valence-corrected chi connectivity index (χ4v) is 3.92. The minimum Gasteiger partial charge on any atom is -0.464 e. The zero-order valence-electron chi connectivity index (χ0n) is 15.7. The molecule has 0 aliphatic rings. The lowest BCUT2D eigenvalue weighted by atomic mass is 10.0. The summed E-state index contributed by atoms with van der Waals surface area (Å²) < 4.78 is 32.0. The lowest BCUT2D eigenvalue weighted by Gasteiger charge is -2.10. The van der Waals surface area contributed by atoms with Gasteiger partial charge in [0, 0.05) is 16.6 Å². The molecular weight excluding hydrogens is 364 g/mol. The van der Waals surface area contributed by atoms with Crippen molar-refractivity contribution in [1.82, 2.24) is 4.72 Å². The van der Waals surface area contributed by atoms with E-state index in [9.17, 15) is 13.2 Å². The van der Waals surface area contributed by atoms with Gasteiger partial charge in [-0.05, 0) is 68.8 Å². The van der Waals surface area contributed by atoms with Gasteiger partial charge in [-0.1, -0.05) is 6.07 Å². The number of amides is 1. The van der Waals surface area contributed by atoms with E-state index in [1.54, 1.807) is 25.3 Å². The fourth-order valence-electron chi connectivity index (χ4n) is 2.93. The number of benzene rings is 2. The van der Waals surface area contributed by atoms with E-state index in [1.165, 1.54) is 13.1 Å². The van der Waals surface area contributed by atoms with E-state index in [2.05, 4.69) is 10.0 Å². The molecule has 0 aliphatic heterocycles. The molecule has 1 amide bonds. The summed E-state index contributed by atoms with van der Waals surface area (Å²) in [5.74, 6) is -0.243.